The average Bonchev–Trinajstić information content (AvgIpc) is 3.45. The van der Waals surface area contributed by atoms with Crippen LogP contribution in [0.4, 0.5) is 5.82 Å². The third kappa shape index (κ3) is 3.08. The van der Waals surface area contributed by atoms with Crippen molar-refractivity contribution in [2.75, 3.05) is 31.1 Å². The number of H-pyrrole nitrogens is 1. The van der Waals surface area contributed by atoms with Crippen LogP contribution in [0.15, 0.2) is 71.3 Å². The van der Waals surface area contributed by atoms with Gasteiger partial charge in [-0.3, -0.25) is 4.79 Å². The smallest absolute Gasteiger partial charge is 0.270 e. The minimum Gasteiger partial charge on any atom is -0.351 e. The predicted octanol–water partition coefficient (Wildman–Crippen LogP) is 4.69. The molecule has 4 heterocycles. The maximum absolute atomic E-state index is 13.0. The van der Waals surface area contributed by atoms with Gasteiger partial charge in [0, 0.05) is 47.8 Å². The molecule has 0 unspecified atom stereocenters. The zero-order valence-electron chi connectivity index (χ0n) is 16.8. The first kappa shape index (κ1) is 18.4. The summed E-state index contributed by atoms with van der Waals surface area (Å²) in [7, 11) is 0. The maximum atomic E-state index is 13.0. The topological polar surface area (TPSA) is 56.6 Å². The number of anilines is 1. The Balaban J connectivity index is 1.27. The molecule has 2 aromatic carbocycles. The molecule has 0 aliphatic carbocycles. The third-order valence-electron chi connectivity index (χ3n) is 6.03. The van der Waals surface area contributed by atoms with Crippen LogP contribution in [0.5, 0.6) is 0 Å². The zero-order valence-corrected chi connectivity index (χ0v) is 18.3. The zero-order chi connectivity index (χ0) is 20.9. The number of benzene rings is 2. The molecule has 1 aliphatic rings. The van der Waals surface area contributed by atoms with Gasteiger partial charge in [0.2, 0.25) is 0 Å². The van der Waals surface area contributed by atoms with Crippen molar-refractivity contribution in [2.45, 2.75) is 0 Å². The Hall–Kier alpha value is -3.32. The van der Waals surface area contributed by atoms with Crippen molar-refractivity contribution in [1.82, 2.24) is 19.3 Å². The Morgan fingerprint density at radius 1 is 0.935 bits per heavy atom. The number of carbonyl (C=O) groups is 1. The summed E-state index contributed by atoms with van der Waals surface area (Å²) in [5.74, 6) is 1.02. The van der Waals surface area contributed by atoms with Crippen LogP contribution in [0.2, 0.25) is 0 Å². The molecule has 0 bridgehead atoms. The highest BCUT2D eigenvalue weighted by Gasteiger charge is 2.25. The van der Waals surface area contributed by atoms with Gasteiger partial charge >= 0.3 is 0 Å². The van der Waals surface area contributed by atoms with Gasteiger partial charge in [-0.05, 0) is 42.5 Å². The fraction of sp³-hybridized carbons (Fsp3) is 0.167. The number of halogens is 1. The van der Waals surface area contributed by atoms with Gasteiger partial charge in [0.1, 0.15) is 5.69 Å². The molecule has 1 saturated heterocycles. The van der Waals surface area contributed by atoms with Crippen LogP contribution in [-0.4, -0.2) is 51.4 Å². The van der Waals surface area contributed by atoms with Gasteiger partial charge in [0.05, 0.1) is 16.6 Å². The molecule has 0 saturated carbocycles. The predicted molar refractivity (Wildman–Crippen MR) is 127 cm³/mol. The van der Waals surface area contributed by atoms with E-state index >= 15 is 0 Å². The number of nitrogens with one attached hydrogen (secondary N) is 1. The third-order valence-corrected chi connectivity index (χ3v) is 6.52. The van der Waals surface area contributed by atoms with E-state index in [2.05, 4.69) is 54.6 Å². The van der Waals surface area contributed by atoms with Gasteiger partial charge in [-0.2, -0.15) is 0 Å². The molecular weight excluding hydrogens is 454 g/mol. The molecule has 1 N–H and O–H groups in total. The molecule has 5 aromatic rings. The number of fused-ring (bicyclic) bond motifs is 4. The number of nitrogens with zero attached hydrogens (tertiary/aromatic N) is 4. The first-order chi connectivity index (χ1) is 15.2. The summed E-state index contributed by atoms with van der Waals surface area (Å²) < 4.78 is 3.20. The Morgan fingerprint density at radius 3 is 2.61 bits per heavy atom. The largest absolute Gasteiger partial charge is 0.351 e. The van der Waals surface area contributed by atoms with Crippen molar-refractivity contribution in [3.8, 4) is 0 Å². The summed E-state index contributed by atoms with van der Waals surface area (Å²) in [6, 6.07) is 20.2. The first-order valence-electron chi connectivity index (χ1n) is 10.4. The van der Waals surface area contributed by atoms with Crippen molar-refractivity contribution >= 4 is 55.1 Å². The summed E-state index contributed by atoms with van der Waals surface area (Å²) in [6.45, 7) is 2.83. The van der Waals surface area contributed by atoms with Crippen molar-refractivity contribution in [3.63, 3.8) is 0 Å². The Labute approximate surface area is 187 Å². The number of piperazine rings is 1. The molecule has 0 spiro atoms. The van der Waals surface area contributed by atoms with Gasteiger partial charge in [-0.1, -0.05) is 34.1 Å². The lowest BCUT2D eigenvalue weighted by molar-refractivity contribution is 0.0741. The van der Waals surface area contributed by atoms with Crippen molar-refractivity contribution in [1.29, 1.82) is 0 Å². The molecule has 1 fully saturated rings. The summed E-state index contributed by atoms with van der Waals surface area (Å²) in [6.07, 6.45) is 2.08. The summed E-state index contributed by atoms with van der Waals surface area (Å²) in [4.78, 5) is 25.5. The van der Waals surface area contributed by atoms with Crippen molar-refractivity contribution < 1.29 is 4.79 Å². The molecule has 0 radical (unpaired) electrons. The number of carbonyl (C=O) groups excluding carboxylic acids is 1. The lowest BCUT2D eigenvalue weighted by Gasteiger charge is -2.35. The van der Waals surface area contributed by atoms with Crippen LogP contribution in [0.1, 0.15) is 10.5 Å². The molecular formula is C24H20BrN5O. The lowest BCUT2D eigenvalue weighted by Crippen LogP contribution is -2.49. The van der Waals surface area contributed by atoms with Gasteiger partial charge in [-0.25, -0.2) is 4.98 Å². The molecule has 0 atom stereocenters. The lowest BCUT2D eigenvalue weighted by atomic mass is 10.2. The highest BCUT2D eigenvalue weighted by atomic mass is 79.9. The normalized spacial score (nSPS) is 14.7. The minimum atomic E-state index is 0.0547. The molecule has 1 aliphatic heterocycles. The van der Waals surface area contributed by atoms with Gasteiger partial charge in [0.15, 0.2) is 5.82 Å². The van der Waals surface area contributed by atoms with E-state index in [-0.39, 0.29) is 5.91 Å². The maximum Gasteiger partial charge on any atom is 0.270 e. The number of rotatable bonds is 2. The first-order valence-corrected chi connectivity index (χ1v) is 11.1. The number of aromatic nitrogens is 3. The van der Waals surface area contributed by atoms with Crippen LogP contribution < -0.4 is 4.90 Å². The summed E-state index contributed by atoms with van der Waals surface area (Å²) in [5.41, 5.74) is 4.76. The van der Waals surface area contributed by atoms with E-state index in [0.717, 1.165) is 50.8 Å². The molecule has 6 rings (SSSR count). The Bertz CT molecular complexity index is 1410. The molecule has 1 amide bonds. The standard InChI is InChI=1S/C24H20BrN5O/c25-17-7-8-21-19(15-17)27-23(22-6-3-9-30(21)22)28-10-12-29(13-11-28)24(31)20-14-16-4-1-2-5-18(16)26-20/h1-9,14-15,26H,10-13H2. The van der Waals surface area contributed by atoms with E-state index in [9.17, 15) is 4.79 Å². The monoisotopic (exact) mass is 473 g/mol. The number of amides is 1. The van der Waals surface area contributed by atoms with E-state index in [1.807, 2.05) is 47.4 Å². The number of aromatic amines is 1. The second-order valence-electron chi connectivity index (χ2n) is 7.88. The van der Waals surface area contributed by atoms with Crippen LogP contribution in [0.25, 0.3) is 27.5 Å². The fourth-order valence-electron chi connectivity index (χ4n) is 4.45. The van der Waals surface area contributed by atoms with Crippen LogP contribution in [-0.2, 0) is 0 Å². The SMILES string of the molecule is O=C(c1cc2ccccc2[nH]1)N1CCN(c2nc3cc(Br)ccc3n3cccc23)CC1. The molecule has 7 heteroatoms. The van der Waals surface area contributed by atoms with Crippen molar-refractivity contribution in [3.05, 3.63) is 77.0 Å². The van der Waals surface area contributed by atoms with Gasteiger partial charge in [0.25, 0.3) is 5.91 Å². The Kier molecular flexibility index (Phi) is 4.24. The van der Waals surface area contributed by atoms with E-state index in [1.165, 1.54) is 0 Å². The Morgan fingerprint density at radius 2 is 1.77 bits per heavy atom. The number of hydrogen-bond donors (Lipinski definition) is 1. The number of hydrogen-bond acceptors (Lipinski definition) is 3. The van der Waals surface area contributed by atoms with E-state index in [4.69, 9.17) is 4.98 Å². The summed E-state index contributed by atoms with van der Waals surface area (Å²) in [5, 5.41) is 1.06. The second kappa shape index (κ2) is 7.13. The molecule has 154 valence electrons. The van der Waals surface area contributed by atoms with Crippen LogP contribution >= 0.6 is 15.9 Å². The number of para-hydroxylation sites is 1. The van der Waals surface area contributed by atoms with Gasteiger partial charge in [-0.15, -0.1) is 0 Å². The molecule has 31 heavy (non-hydrogen) atoms. The van der Waals surface area contributed by atoms with E-state index < -0.39 is 0 Å². The average molecular weight is 474 g/mol. The van der Waals surface area contributed by atoms with E-state index in [0.29, 0.717) is 18.8 Å². The highest BCUT2D eigenvalue weighted by molar-refractivity contribution is 9.10. The highest BCUT2D eigenvalue weighted by Crippen LogP contribution is 2.28. The quantitative estimate of drug-likeness (QED) is 0.404. The van der Waals surface area contributed by atoms with E-state index in [1.54, 1.807) is 0 Å². The fourth-order valence-corrected chi connectivity index (χ4v) is 4.80. The second-order valence-corrected chi connectivity index (χ2v) is 8.80. The summed E-state index contributed by atoms with van der Waals surface area (Å²) >= 11 is 3.56. The molecule has 3 aromatic heterocycles. The van der Waals surface area contributed by atoms with Crippen molar-refractivity contribution in [2.24, 2.45) is 0 Å². The van der Waals surface area contributed by atoms with Crippen LogP contribution in [0.3, 0.4) is 0 Å². The molecule has 6 nitrogen and oxygen atoms in total. The van der Waals surface area contributed by atoms with Gasteiger partial charge < -0.3 is 19.2 Å². The minimum absolute atomic E-state index is 0.0547. The van der Waals surface area contributed by atoms with Crippen LogP contribution in [0, 0.1) is 0 Å².